The van der Waals surface area contributed by atoms with Crippen LogP contribution in [0, 0.1) is 0 Å². The van der Waals surface area contributed by atoms with E-state index in [0.717, 1.165) is 11.1 Å². The third-order valence-electron chi connectivity index (χ3n) is 2.27. The predicted octanol–water partition coefficient (Wildman–Crippen LogP) is 2.40. The van der Waals surface area contributed by atoms with Crippen molar-refractivity contribution in [2.45, 2.75) is 6.92 Å². The van der Waals surface area contributed by atoms with Crippen LogP contribution < -0.4 is 0 Å². The molecule has 0 bridgehead atoms. The van der Waals surface area contributed by atoms with E-state index in [0.29, 0.717) is 5.71 Å². The fourth-order valence-corrected chi connectivity index (χ4v) is 1.49. The summed E-state index contributed by atoms with van der Waals surface area (Å²) in [6, 6.07) is 13.2. The molecule has 0 saturated carbocycles. The third-order valence-corrected chi connectivity index (χ3v) is 2.27. The summed E-state index contributed by atoms with van der Waals surface area (Å²) in [5, 5.41) is 3.90. The van der Waals surface area contributed by atoms with E-state index in [9.17, 15) is 4.79 Å². The Kier molecular flexibility index (Phi) is 3.81. The predicted molar refractivity (Wildman–Crippen MR) is 68.1 cm³/mol. The number of aromatic nitrogens is 1. The molecule has 90 valence electrons. The lowest BCUT2D eigenvalue weighted by Gasteiger charge is -2.05. The highest BCUT2D eigenvalue weighted by molar-refractivity contribution is 6.12. The van der Waals surface area contributed by atoms with E-state index in [1.165, 1.54) is 6.92 Å². The SMILES string of the molecule is CC(=O)O/N=C(/c1ccccc1)c1ccncc1. The van der Waals surface area contributed by atoms with Crippen molar-refractivity contribution in [2.75, 3.05) is 0 Å². The Hall–Kier alpha value is -2.49. The summed E-state index contributed by atoms with van der Waals surface area (Å²) in [6.45, 7) is 1.32. The van der Waals surface area contributed by atoms with Gasteiger partial charge in [0.25, 0.3) is 0 Å². The monoisotopic (exact) mass is 240 g/mol. The van der Waals surface area contributed by atoms with E-state index in [1.807, 2.05) is 42.5 Å². The molecular formula is C14H12N2O2. The number of benzene rings is 1. The Morgan fingerprint density at radius 3 is 2.28 bits per heavy atom. The van der Waals surface area contributed by atoms with Gasteiger partial charge in [0.2, 0.25) is 0 Å². The first-order valence-corrected chi connectivity index (χ1v) is 5.49. The first-order chi connectivity index (χ1) is 8.77. The second kappa shape index (κ2) is 5.72. The highest BCUT2D eigenvalue weighted by Gasteiger charge is 2.07. The summed E-state index contributed by atoms with van der Waals surface area (Å²) < 4.78 is 0. The van der Waals surface area contributed by atoms with Crippen LogP contribution >= 0.6 is 0 Å². The normalized spacial score (nSPS) is 11.1. The van der Waals surface area contributed by atoms with Crippen LogP contribution in [0.4, 0.5) is 0 Å². The number of nitrogens with zero attached hydrogens (tertiary/aromatic N) is 2. The molecule has 0 spiro atoms. The van der Waals surface area contributed by atoms with Crippen molar-refractivity contribution in [3.8, 4) is 0 Å². The van der Waals surface area contributed by atoms with Crippen LogP contribution in [-0.2, 0) is 9.63 Å². The second-order valence-corrected chi connectivity index (χ2v) is 3.62. The van der Waals surface area contributed by atoms with Gasteiger partial charge in [-0.2, -0.15) is 0 Å². The summed E-state index contributed by atoms with van der Waals surface area (Å²) in [5.74, 6) is -0.447. The molecule has 0 fully saturated rings. The van der Waals surface area contributed by atoms with Crippen LogP contribution in [0.15, 0.2) is 60.0 Å². The number of hydrogen-bond donors (Lipinski definition) is 0. The molecule has 1 aromatic carbocycles. The van der Waals surface area contributed by atoms with Gasteiger partial charge in [-0.1, -0.05) is 35.5 Å². The minimum absolute atomic E-state index is 0.447. The lowest BCUT2D eigenvalue weighted by molar-refractivity contribution is -0.140. The van der Waals surface area contributed by atoms with Gasteiger partial charge in [0.1, 0.15) is 5.71 Å². The molecule has 4 heteroatoms. The molecule has 0 aliphatic rings. The molecule has 0 N–H and O–H groups in total. The van der Waals surface area contributed by atoms with Crippen molar-refractivity contribution in [3.05, 3.63) is 66.0 Å². The van der Waals surface area contributed by atoms with Crippen LogP contribution in [-0.4, -0.2) is 16.7 Å². The molecule has 0 saturated heterocycles. The van der Waals surface area contributed by atoms with Crippen molar-refractivity contribution < 1.29 is 9.63 Å². The summed E-state index contributed by atoms with van der Waals surface area (Å²) in [5.41, 5.74) is 2.33. The van der Waals surface area contributed by atoms with Gasteiger partial charge < -0.3 is 4.84 Å². The fraction of sp³-hybridized carbons (Fsp3) is 0.0714. The molecule has 1 heterocycles. The third kappa shape index (κ3) is 3.01. The van der Waals surface area contributed by atoms with Gasteiger partial charge >= 0.3 is 5.97 Å². The summed E-state index contributed by atoms with van der Waals surface area (Å²) in [4.78, 5) is 19.6. The molecule has 0 unspecified atom stereocenters. The Labute approximate surface area is 105 Å². The van der Waals surface area contributed by atoms with Crippen LogP contribution in [0.3, 0.4) is 0 Å². The lowest BCUT2D eigenvalue weighted by atomic mass is 10.0. The van der Waals surface area contributed by atoms with Crippen molar-refractivity contribution in [1.29, 1.82) is 0 Å². The summed E-state index contributed by atoms with van der Waals surface area (Å²) in [6.07, 6.45) is 3.34. The quantitative estimate of drug-likeness (QED) is 0.470. The number of oxime groups is 1. The Morgan fingerprint density at radius 2 is 1.67 bits per heavy atom. The topological polar surface area (TPSA) is 51.5 Å². The molecule has 4 nitrogen and oxygen atoms in total. The van der Waals surface area contributed by atoms with Gasteiger partial charge in [0.15, 0.2) is 0 Å². The molecule has 0 atom stereocenters. The first-order valence-electron chi connectivity index (χ1n) is 5.49. The molecule has 0 radical (unpaired) electrons. The molecule has 1 aromatic heterocycles. The highest BCUT2D eigenvalue weighted by Crippen LogP contribution is 2.10. The Balaban J connectivity index is 2.42. The molecular weight excluding hydrogens is 228 g/mol. The fourth-order valence-electron chi connectivity index (χ4n) is 1.49. The zero-order valence-corrected chi connectivity index (χ0v) is 9.91. The number of pyridine rings is 1. The van der Waals surface area contributed by atoms with E-state index in [1.54, 1.807) is 12.4 Å². The average molecular weight is 240 g/mol. The zero-order valence-electron chi connectivity index (χ0n) is 9.91. The maximum absolute atomic E-state index is 10.9. The molecule has 0 aliphatic heterocycles. The van der Waals surface area contributed by atoms with Crippen molar-refractivity contribution in [1.82, 2.24) is 4.98 Å². The molecule has 2 rings (SSSR count). The molecule has 0 amide bonds. The van der Waals surface area contributed by atoms with E-state index in [4.69, 9.17) is 4.84 Å². The minimum atomic E-state index is -0.447. The summed E-state index contributed by atoms with van der Waals surface area (Å²) in [7, 11) is 0. The summed E-state index contributed by atoms with van der Waals surface area (Å²) >= 11 is 0. The van der Waals surface area contributed by atoms with Crippen molar-refractivity contribution in [3.63, 3.8) is 0 Å². The maximum Gasteiger partial charge on any atom is 0.332 e. The van der Waals surface area contributed by atoms with Gasteiger partial charge in [0.05, 0.1) is 0 Å². The van der Waals surface area contributed by atoms with E-state index in [-0.39, 0.29) is 0 Å². The number of rotatable bonds is 3. The van der Waals surface area contributed by atoms with Crippen LogP contribution in [0.25, 0.3) is 0 Å². The van der Waals surface area contributed by atoms with Gasteiger partial charge in [-0.25, -0.2) is 4.79 Å². The van der Waals surface area contributed by atoms with Crippen molar-refractivity contribution in [2.24, 2.45) is 5.16 Å². The Morgan fingerprint density at radius 1 is 1.06 bits per heavy atom. The lowest BCUT2D eigenvalue weighted by Crippen LogP contribution is -2.05. The highest BCUT2D eigenvalue weighted by atomic mass is 16.7. The standard InChI is InChI=1S/C14H12N2O2/c1-11(17)18-16-14(12-5-3-2-4-6-12)13-7-9-15-10-8-13/h2-10H,1H3/b16-14-. The molecule has 0 aliphatic carbocycles. The first kappa shape index (κ1) is 12.0. The molecule has 18 heavy (non-hydrogen) atoms. The minimum Gasteiger partial charge on any atom is -0.318 e. The van der Waals surface area contributed by atoms with E-state index in [2.05, 4.69) is 10.1 Å². The largest absolute Gasteiger partial charge is 0.332 e. The van der Waals surface area contributed by atoms with E-state index < -0.39 is 5.97 Å². The number of hydrogen-bond acceptors (Lipinski definition) is 4. The van der Waals surface area contributed by atoms with Gasteiger partial charge in [-0.05, 0) is 12.1 Å². The van der Waals surface area contributed by atoms with Gasteiger partial charge in [0, 0.05) is 30.4 Å². The second-order valence-electron chi connectivity index (χ2n) is 3.62. The average Bonchev–Trinajstić information content (AvgIpc) is 2.41. The van der Waals surface area contributed by atoms with Crippen LogP contribution in [0.1, 0.15) is 18.1 Å². The number of carbonyl (C=O) groups excluding carboxylic acids is 1. The zero-order chi connectivity index (χ0) is 12.8. The maximum atomic E-state index is 10.9. The van der Waals surface area contributed by atoms with E-state index >= 15 is 0 Å². The number of carbonyl (C=O) groups is 1. The Bertz CT molecular complexity index is 509. The van der Waals surface area contributed by atoms with Gasteiger partial charge in [-0.3, -0.25) is 4.98 Å². The van der Waals surface area contributed by atoms with Crippen LogP contribution in [0.2, 0.25) is 0 Å². The molecule has 2 aromatic rings. The van der Waals surface area contributed by atoms with Gasteiger partial charge in [-0.15, -0.1) is 0 Å². The smallest absolute Gasteiger partial charge is 0.318 e. The van der Waals surface area contributed by atoms with Crippen LogP contribution in [0.5, 0.6) is 0 Å². The van der Waals surface area contributed by atoms with Crippen molar-refractivity contribution >= 4 is 11.7 Å².